The molecule has 2 rings (SSSR count). The van der Waals surface area contributed by atoms with Crippen molar-refractivity contribution in [2.75, 3.05) is 0 Å². The fourth-order valence-electron chi connectivity index (χ4n) is 1.41. The first-order valence-electron chi connectivity index (χ1n) is 5.61. The van der Waals surface area contributed by atoms with E-state index in [0.29, 0.717) is 4.34 Å². The molecule has 0 saturated heterocycles. The second-order valence-corrected chi connectivity index (χ2v) is 7.55. The molecule has 0 atom stereocenters. The Morgan fingerprint density at radius 2 is 1.82 bits per heavy atom. The summed E-state index contributed by atoms with van der Waals surface area (Å²) in [4.78, 5) is 23.6. The van der Waals surface area contributed by atoms with Gasteiger partial charge in [0.15, 0.2) is 0 Å². The van der Waals surface area contributed by atoms with Gasteiger partial charge in [0.25, 0.3) is 21.6 Å². The summed E-state index contributed by atoms with van der Waals surface area (Å²) in [7, 11) is -3.92. The summed E-state index contributed by atoms with van der Waals surface area (Å²) in [5.74, 6) is -0.749. The molecule has 0 saturated carbocycles. The van der Waals surface area contributed by atoms with E-state index >= 15 is 0 Å². The molecule has 1 amide bonds. The van der Waals surface area contributed by atoms with Gasteiger partial charge in [-0.2, -0.15) is 0 Å². The number of nitro benzene ring substituents is 1. The van der Waals surface area contributed by atoms with Crippen LogP contribution in [0.2, 0.25) is 4.34 Å². The van der Waals surface area contributed by atoms with Crippen LogP contribution in [0.25, 0.3) is 0 Å². The average molecular weight is 362 g/mol. The number of hydrogen-bond acceptors (Lipinski definition) is 6. The minimum Gasteiger partial charge on any atom is -0.273 e. The first-order valence-corrected chi connectivity index (χ1v) is 8.29. The second kappa shape index (κ2) is 6.40. The molecule has 8 nitrogen and oxygen atoms in total. The van der Waals surface area contributed by atoms with Crippen molar-refractivity contribution < 1.29 is 18.1 Å². The van der Waals surface area contributed by atoms with Crippen LogP contribution in [0.1, 0.15) is 10.4 Å². The van der Waals surface area contributed by atoms with Gasteiger partial charge in [0.1, 0.15) is 4.21 Å². The molecule has 1 aromatic heterocycles. The van der Waals surface area contributed by atoms with Crippen molar-refractivity contribution >= 4 is 44.6 Å². The largest absolute Gasteiger partial charge is 0.273 e. The van der Waals surface area contributed by atoms with Crippen molar-refractivity contribution in [3.05, 3.63) is 56.4 Å². The Bertz CT molecular complexity index is 817. The molecule has 22 heavy (non-hydrogen) atoms. The predicted molar refractivity (Wildman–Crippen MR) is 80.2 cm³/mol. The highest BCUT2D eigenvalue weighted by Gasteiger charge is 2.18. The third-order valence-electron chi connectivity index (χ3n) is 2.45. The smallest absolute Gasteiger partial charge is 0.269 e. The summed E-state index contributed by atoms with van der Waals surface area (Å²) in [5, 5.41) is 10.5. The number of non-ortho nitro benzene ring substituents is 1. The van der Waals surface area contributed by atoms with Gasteiger partial charge < -0.3 is 0 Å². The van der Waals surface area contributed by atoms with E-state index in [4.69, 9.17) is 11.6 Å². The van der Waals surface area contributed by atoms with E-state index in [1.54, 1.807) is 0 Å². The Kier molecular flexibility index (Phi) is 4.76. The average Bonchev–Trinajstić information content (AvgIpc) is 2.92. The van der Waals surface area contributed by atoms with Crippen LogP contribution >= 0.6 is 22.9 Å². The Morgan fingerprint density at radius 3 is 2.32 bits per heavy atom. The highest BCUT2D eigenvalue weighted by atomic mass is 35.5. The maximum atomic E-state index is 11.9. The number of hydrogen-bond donors (Lipinski definition) is 2. The minimum atomic E-state index is -3.92. The number of carbonyl (C=O) groups excluding carboxylic acids is 1. The zero-order valence-electron chi connectivity index (χ0n) is 10.6. The summed E-state index contributed by atoms with van der Waals surface area (Å²) in [6.07, 6.45) is 0. The molecule has 0 radical (unpaired) electrons. The van der Waals surface area contributed by atoms with Crippen LogP contribution in [0.4, 0.5) is 5.69 Å². The number of amides is 1. The standard InChI is InChI=1S/C11H8ClN3O5S2/c12-9-5-6-10(21-9)22(19,20)14-13-11(16)7-1-3-8(4-2-7)15(17)18/h1-6,14H,(H,13,16). The summed E-state index contributed by atoms with van der Waals surface area (Å²) in [5.41, 5.74) is 1.90. The van der Waals surface area contributed by atoms with E-state index in [-0.39, 0.29) is 15.5 Å². The molecule has 0 unspecified atom stereocenters. The molecule has 116 valence electrons. The van der Waals surface area contributed by atoms with Crippen LogP contribution in [-0.2, 0) is 10.0 Å². The third-order valence-corrected chi connectivity index (χ3v) is 5.42. The highest BCUT2D eigenvalue weighted by Crippen LogP contribution is 2.24. The maximum absolute atomic E-state index is 11.9. The summed E-state index contributed by atoms with van der Waals surface area (Å²) >= 11 is 6.49. The van der Waals surface area contributed by atoms with E-state index in [9.17, 15) is 23.3 Å². The number of nitrogens with one attached hydrogen (secondary N) is 2. The zero-order chi connectivity index (χ0) is 16.3. The Labute approximate surface area is 133 Å². The van der Waals surface area contributed by atoms with Crippen LogP contribution in [0.15, 0.2) is 40.6 Å². The van der Waals surface area contributed by atoms with Crippen LogP contribution in [0, 0.1) is 10.1 Å². The number of benzene rings is 1. The maximum Gasteiger partial charge on any atom is 0.269 e. The lowest BCUT2D eigenvalue weighted by Crippen LogP contribution is -2.41. The number of hydrazine groups is 1. The van der Waals surface area contributed by atoms with E-state index in [2.05, 4.69) is 0 Å². The molecule has 1 heterocycles. The van der Waals surface area contributed by atoms with Crippen molar-refractivity contribution in [2.24, 2.45) is 0 Å². The van der Waals surface area contributed by atoms with Gasteiger partial charge in [0.05, 0.1) is 9.26 Å². The molecule has 0 aliphatic carbocycles. The van der Waals surface area contributed by atoms with Gasteiger partial charge >= 0.3 is 0 Å². The number of nitro groups is 1. The number of carbonyl (C=O) groups is 1. The lowest BCUT2D eigenvalue weighted by Gasteiger charge is -2.06. The van der Waals surface area contributed by atoms with Gasteiger partial charge in [-0.1, -0.05) is 11.6 Å². The molecule has 0 fully saturated rings. The third kappa shape index (κ3) is 3.80. The Balaban J connectivity index is 2.05. The van der Waals surface area contributed by atoms with Crippen molar-refractivity contribution in [1.82, 2.24) is 10.3 Å². The van der Waals surface area contributed by atoms with Crippen molar-refractivity contribution in [2.45, 2.75) is 4.21 Å². The molecule has 0 aliphatic heterocycles. The monoisotopic (exact) mass is 361 g/mol. The molecule has 1 aromatic carbocycles. The fraction of sp³-hybridized carbons (Fsp3) is 0. The van der Waals surface area contributed by atoms with E-state index in [1.807, 2.05) is 10.3 Å². The number of nitrogens with zero attached hydrogens (tertiary/aromatic N) is 1. The molecule has 0 bridgehead atoms. The van der Waals surface area contributed by atoms with Crippen LogP contribution in [0.5, 0.6) is 0 Å². The first kappa shape index (κ1) is 16.4. The molecule has 2 N–H and O–H groups in total. The van der Waals surface area contributed by atoms with E-state index in [1.165, 1.54) is 24.3 Å². The van der Waals surface area contributed by atoms with Gasteiger partial charge in [-0.15, -0.1) is 16.2 Å². The Hall–Kier alpha value is -2.01. The van der Waals surface area contributed by atoms with Gasteiger partial charge in [0, 0.05) is 17.7 Å². The highest BCUT2D eigenvalue weighted by molar-refractivity contribution is 7.91. The molecular weight excluding hydrogens is 354 g/mol. The number of halogens is 1. The topological polar surface area (TPSA) is 118 Å². The zero-order valence-corrected chi connectivity index (χ0v) is 13.0. The Morgan fingerprint density at radius 1 is 1.18 bits per heavy atom. The lowest BCUT2D eigenvalue weighted by atomic mass is 10.2. The SMILES string of the molecule is O=C(NNS(=O)(=O)c1ccc(Cl)s1)c1ccc([N+](=O)[O-])cc1. The van der Waals surface area contributed by atoms with Gasteiger partial charge in [0.2, 0.25) is 0 Å². The van der Waals surface area contributed by atoms with Crippen LogP contribution in [0.3, 0.4) is 0 Å². The number of thiophene rings is 1. The molecule has 0 spiro atoms. The molecule has 11 heteroatoms. The van der Waals surface area contributed by atoms with E-state index in [0.717, 1.165) is 23.5 Å². The van der Waals surface area contributed by atoms with Gasteiger partial charge in [-0.3, -0.25) is 20.3 Å². The van der Waals surface area contributed by atoms with E-state index < -0.39 is 20.9 Å². The molecular formula is C11H8ClN3O5S2. The lowest BCUT2D eigenvalue weighted by molar-refractivity contribution is -0.384. The van der Waals surface area contributed by atoms with Crippen molar-refractivity contribution in [3.8, 4) is 0 Å². The fourth-order valence-corrected chi connectivity index (χ4v) is 3.73. The van der Waals surface area contributed by atoms with Crippen LogP contribution < -0.4 is 10.3 Å². The minimum absolute atomic E-state index is 0.0542. The quantitative estimate of drug-likeness (QED) is 0.623. The predicted octanol–water partition coefficient (Wildman–Crippen LogP) is 1.93. The van der Waals surface area contributed by atoms with Crippen molar-refractivity contribution in [3.63, 3.8) is 0 Å². The van der Waals surface area contributed by atoms with Crippen LogP contribution in [-0.4, -0.2) is 19.2 Å². The second-order valence-electron chi connectivity index (χ2n) is 3.92. The number of rotatable bonds is 5. The first-order chi connectivity index (χ1) is 10.3. The van der Waals surface area contributed by atoms with Crippen molar-refractivity contribution in [1.29, 1.82) is 0 Å². The summed E-state index contributed by atoms with van der Waals surface area (Å²) in [6, 6.07) is 7.42. The van der Waals surface area contributed by atoms with Gasteiger partial charge in [-0.05, 0) is 24.3 Å². The molecule has 0 aliphatic rings. The normalized spacial score (nSPS) is 11.1. The summed E-state index contributed by atoms with van der Waals surface area (Å²) in [6.45, 7) is 0. The van der Waals surface area contributed by atoms with Gasteiger partial charge in [-0.25, -0.2) is 8.42 Å². The number of sulfonamides is 1. The molecule has 2 aromatic rings. The summed E-state index contributed by atoms with van der Waals surface area (Å²) < 4.78 is 24.0.